The van der Waals surface area contributed by atoms with Gasteiger partial charge in [-0.05, 0) is 45.6 Å². The number of ether oxygens (including phenoxy) is 2. The van der Waals surface area contributed by atoms with E-state index in [1.165, 1.54) is 11.1 Å². The average Bonchev–Trinajstić information content (AvgIpc) is 2.53. The van der Waals surface area contributed by atoms with E-state index in [2.05, 4.69) is 28.1 Å². The van der Waals surface area contributed by atoms with Crippen molar-refractivity contribution < 1.29 is 14.3 Å². The maximum atomic E-state index is 11.1. The van der Waals surface area contributed by atoms with Crippen molar-refractivity contribution in [2.45, 2.75) is 12.5 Å². The van der Waals surface area contributed by atoms with Gasteiger partial charge < -0.3 is 9.47 Å². The van der Waals surface area contributed by atoms with Gasteiger partial charge in [-0.25, -0.2) is 0 Å². The number of hydrogen-bond donors (Lipinski definition) is 0. The summed E-state index contributed by atoms with van der Waals surface area (Å²) in [5.41, 5.74) is 3.01. The second kappa shape index (κ2) is 6.41. The molecule has 108 valence electrons. The molecule has 0 aliphatic carbocycles. The van der Waals surface area contributed by atoms with Gasteiger partial charge in [-0.1, -0.05) is 30.3 Å². The zero-order valence-electron chi connectivity index (χ0n) is 11.4. The number of aldehydes is 1. The molecule has 1 aliphatic heterocycles. The van der Waals surface area contributed by atoms with E-state index < -0.39 is 0 Å². The number of carbonyl (C=O) groups excluding carboxylic acids is 1. The van der Waals surface area contributed by atoms with Crippen LogP contribution < -0.4 is 4.74 Å². The summed E-state index contributed by atoms with van der Waals surface area (Å²) in [6, 6.07) is 13.7. The number of fused-ring (bicyclic) bond motifs is 1. The fourth-order valence-electron chi connectivity index (χ4n) is 2.54. The van der Waals surface area contributed by atoms with E-state index in [1.807, 2.05) is 24.3 Å². The molecule has 1 heterocycles. The summed E-state index contributed by atoms with van der Waals surface area (Å²) in [5.74, 6) is 0.569. The number of rotatable bonds is 4. The second-order valence-corrected chi connectivity index (χ2v) is 5.75. The molecule has 3 rings (SSSR count). The number of halogens is 1. The Morgan fingerprint density at radius 3 is 2.95 bits per heavy atom. The van der Waals surface area contributed by atoms with Gasteiger partial charge in [0.1, 0.15) is 18.5 Å². The number of benzene rings is 2. The van der Waals surface area contributed by atoms with Crippen LogP contribution in [0.25, 0.3) is 0 Å². The molecule has 0 radical (unpaired) electrons. The third kappa shape index (κ3) is 3.01. The first-order valence-electron chi connectivity index (χ1n) is 6.85. The molecule has 0 spiro atoms. The third-order valence-corrected chi connectivity index (χ3v) is 4.22. The van der Waals surface area contributed by atoms with Crippen LogP contribution >= 0.6 is 15.9 Å². The van der Waals surface area contributed by atoms with E-state index in [0.29, 0.717) is 24.5 Å². The minimum Gasteiger partial charge on any atom is -0.489 e. The van der Waals surface area contributed by atoms with Gasteiger partial charge in [0.2, 0.25) is 0 Å². The highest BCUT2D eigenvalue weighted by Gasteiger charge is 2.21. The van der Waals surface area contributed by atoms with Crippen molar-refractivity contribution in [2.75, 3.05) is 13.2 Å². The van der Waals surface area contributed by atoms with Crippen molar-refractivity contribution in [1.29, 1.82) is 0 Å². The Morgan fingerprint density at radius 2 is 2.10 bits per heavy atom. The Morgan fingerprint density at radius 1 is 1.24 bits per heavy atom. The highest BCUT2D eigenvalue weighted by molar-refractivity contribution is 9.10. The minimum atomic E-state index is -0.0958. The van der Waals surface area contributed by atoms with Gasteiger partial charge in [-0.3, -0.25) is 4.79 Å². The van der Waals surface area contributed by atoms with Crippen LogP contribution in [0.5, 0.6) is 5.75 Å². The van der Waals surface area contributed by atoms with Crippen LogP contribution in [0.15, 0.2) is 46.9 Å². The van der Waals surface area contributed by atoms with Gasteiger partial charge in [-0.15, -0.1) is 0 Å². The smallest absolute Gasteiger partial charge is 0.153 e. The van der Waals surface area contributed by atoms with Crippen LogP contribution in [0.3, 0.4) is 0 Å². The molecule has 0 fully saturated rings. The zero-order valence-corrected chi connectivity index (χ0v) is 13.0. The Kier molecular flexibility index (Phi) is 4.36. The summed E-state index contributed by atoms with van der Waals surface area (Å²) >= 11 is 3.42. The first-order chi connectivity index (χ1) is 10.3. The Hall–Kier alpha value is -1.65. The van der Waals surface area contributed by atoms with Crippen molar-refractivity contribution >= 4 is 22.2 Å². The normalized spacial score (nSPS) is 17.1. The van der Waals surface area contributed by atoms with E-state index >= 15 is 0 Å². The summed E-state index contributed by atoms with van der Waals surface area (Å²) in [6.45, 7) is 1.09. The summed E-state index contributed by atoms with van der Waals surface area (Å²) in [6.07, 6.45) is 1.64. The first-order valence-corrected chi connectivity index (χ1v) is 7.65. The quantitative estimate of drug-likeness (QED) is 0.786. The summed E-state index contributed by atoms with van der Waals surface area (Å²) < 4.78 is 12.4. The minimum absolute atomic E-state index is 0.0958. The fraction of sp³-hybridized carbons (Fsp3) is 0.235. The van der Waals surface area contributed by atoms with Crippen molar-refractivity contribution in [3.05, 3.63) is 63.6 Å². The predicted molar refractivity (Wildman–Crippen MR) is 83.9 cm³/mol. The molecule has 2 aromatic rings. The predicted octanol–water partition coefficient (Wildman–Crippen LogP) is 3.95. The van der Waals surface area contributed by atoms with Crippen LogP contribution in [0.1, 0.15) is 27.6 Å². The molecule has 0 bridgehead atoms. The topological polar surface area (TPSA) is 35.5 Å². The highest BCUT2D eigenvalue weighted by atomic mass is 79.9. The largest absolute Gasteiger partial charge is 0.489 e. The zero-order chi connectivity index (χ0) is 14.7. The molecular weight excluding hydrogens is 332 g/mol. The van der Waals surface area contributed by atoms with Crippen molar-refractivity contribution in [2.24, 2.45) is 0 Å². The third-order valence-electron chi connectivity index (χ3n) is 3.60. The van der Waals surface area contributed by atoms with Gasteiger partial charge in [-0.2, -0.15) is 0 Å². The molecule has 1 aliphatic rings. The monoisotopic (exact) mass is 346 g/mol. The van der Waals surface area contributed by atoms with E-state index in [-0.39, 0.29) is 6.10 Å². The molecular formula is C17H15BrO3. The van der Waals surface area contributed by atoms with E-state index in [4.69, 9.17) is 9.47 Å². The van der Waals surface area contributed by atoms with Crippen LogP contribution in [-0.2, 0) is 11.2 Å². The molecule has 0 aromatic heterocycles. The number of carbonyl (C=O) groups is 1. The second-order valence-electron chi connectivity index (χ2n) is 4.90. The van der Waals surface area contributed by atoms with Crippen LogP contribution in [0.2, 0.25) is 0 Å². The maximum Gasteiger partial charge on any atom is 0.153 e. The SMILES string of the molecule is O=Cc1cccc(Br)c1OCC1OCCc2ccccc21. The molecule has 0 saturated carbocycles. The maximum absolute atomic E-state index is 11.1. The van der Waals surface area contributed by atoms with Gasteiger partial charge in [0.25, 0.3) is 0 Å². The molecule has 21 heavy (non-hydrogen) atoms. The van der Waals surface area contributed by atoms with Gasteiger partial charge in [0.15, 0.2) is 6.29 Å². The van der Waals surface area contributed by atoms with Gasteiger partial charge >= 0.3 is 0 Å². The summed E-state index contributed by atoms with van der Waals surface area (Å²) in [5, 5.41) is 0. The molecule has 0 saturated heterocycles. The Labute approximate surface area is 132 Å². The van der Waals surface area contributed by atoms with E-state index in [1.54, 1.807) is 6.07 Å². The lowest BCUT2D eigenvalue weighted by Gasteiger charge is -2.26. The lowest BCUT2D eigenvalue weighted by Crippen LogP contribution is -2.22. The van der Waals surface area contributed by atoms with Crippen molar-refractivity contribution in [3.8, 4) is 5.75 Å². The standard InChI is InChI=1S/C17H15BrO3/c18-15-7-3-5-13(10-19)17(15)21-11-16-14-6-2-1-4-12(14)8-9-20-16/h1-7,10,16H,8-9,11H2. The molecule has 1 atom stereocenters. The molecule has 1 unspecified atom stereocenters. The molecule has 4 heteroatoms. The molecule has 3 nitrogen and oxygen atoms in total. The van der Waals surface area contributed by atoms with Crippen LogP contribution in [0, 0.1) is 0 Å². The first kappa shape index (κ1) is 14.3. The number of para-hydroxylation sites is 1. The Balaban J connectivity index is 1.79. The van der Waals surface area contributed by atoms with Crippen LogP contribution in [0.4, 0.5) is 0 Å². The molecule has 0 amide bonds. The lowest BCUT2D eigenvalue weighted by molar-refractivity contribution is 0.00988. The Bertz CT molecular complexity index is 654. The van der Waals surface area contributed by atoms with Gasteiger partial charge in [0, 0.05) is 0 Å². The van der Waals surface area contributed by atoms with Gasteiger partial charge in [0.05, 0.1) is 16.6 Å². The van der Waals surface area contributed by atoms with Crippen LogP contribution in [-0.4, -0.2) is 19.5 Å². The highest BCUT2D eigenvalue weighted by Crippen LogP contribution is 2.31. The summed E-state index contributed by atoms with van der Waals surface area (Å²) in [7, 11) is 0. The molecule has 0 N–H and O–H groups in total. The summed E-state index contributed by atoms with van der Waals surface area (Å²) in [4.78, 5) is 11.1. The van der Waals surface area contributed by atoms with E-state index in [0.717, 1.165) is 17.2 Å². The number of hydrogen-bond acceptors (Lipinski definition) is 3. The van der Waals surface area contributed by atoms with Crippen molar-refractivity contribution in [3.63, 3.8) is 0 Å². The fourth-order valence-corrected chi connectivity index (χ4v) is 3.04. The van der Waals surface area contributed by atoms with E-state index in [9.17, 15) is 4.79 Å². The van der Waals surface area contributed by atoms with Crippen molar-refractivity contribution in [1.82, 2.24) is 0 Å². The molecule has 2 aromatic carbocycles. The lowest BCUT2D eigenvalue weighted by atomic mass is 9.98. The average molecular weight is 347 g/mol.